The van der Waals surface area contributed by atoms with Crippen molar-refractivity contribution in [2.75, 3.05) is 19.1 Å². The normalized spacial score (nSPS) is 10.0. The summed E-state index contributed by atoms with van der Waals surface area (Å²) in [4.78, 5) is 17.7. The Balaban J connectivity index is 2.19. The average Bonchev–Trinajstić information content (AvgIpc) is 2.91. The Morgan fingerprint density at radius 2 is 2.06 bits per heavy atom. The van der Waals surface area contributed by atoms with Crippen molar-refractivity contribution in [3.05, 3.63) is 41.4 Å². The number of hydrogen-bond donors (Lipinski definition) is 0. The predicted molar refractivity (Wildman–Crippen MR) is 67.8 cm³/mol. The summed E-state index contributed by atoms with van der Waals surface area (Å²) in [7, 11) is 3.31. The van der Waals surface area contributed by atoms with Crippen LogP contribution in [0.2, 0.25) is 0 Å². The molecule has 0 aliphatic rings. The summed E-state index contributed by atoms with van der Waals surface area (Å²) >= 11 is 1.43. The smallest absolute Gasteiger partial charge is 0.259 e. The van der Waals surface area contributed by atoms with E-state index in [2.05, 4.69) is 4.98 Å². The zero-order chi connectivity index (χ0) is 12.3. The number of nitrogens with zero attached hydrogens (tertiary/aromatic N) is 2. The first-order chi connectivity index (χ1) is 8.22. The molecule has 5 heteroatoms. The molecular weight excluding hydrogens is 236 g/mol. The molecule has 1 aromatic heterocycles. The molecule has 0 bridgehead atoms. The zero-order valence-corrected chi connectivity index (χ0v) is 10.4. The van der Waals surface area contributed by atoms with Gasteiger partial charge in [0, 0.05) is 24.2 Å². The molecule has 0 saturated heterocycles. The van der Waals surface area contributed by atoms with Gasteiger partial charge < -0.3 is 4.74 Å². The lowest BCUT2D eigenvalue weighted by Crippen LogP contribution is -2.25. The van der Waals surface area contributed by atoms with Crippen LogP contribution in [-0.2, 0) is 0 Å². The molecule has 0 radical (unpaired) electrons. The molecule has 0 aliphatic carbocycles. The molecule has 2 aromatic rings. The largest absolute Gasteiger partial charge is 0.497 e. The first kappa shape index (κ1) is 11.6. The van der Waals surface area contributed by atoms with Gasteiger partial charge in [-0.2, -0.15) is 0 Å². The van der Waals surface area contributed by atoms with Crippen molar-refractivity contribution in [2.45, 2.75) is 0 Å². The van der Waals surface area contributed by atoms with Crippen LogP contribution in [0.3, 0.4) is 0 Å². The second-order valence-electron chi connectivity index (χ2n) is 3.41. The summed E-state index contributed by atoms with van der Waals surface area (Å²) in [5, 5.41) is 2.53. The summed E-state index contributed by atoms with van der Waals surface area (Å²) in [5.41, 5.74) is 0.614. The lowest BCUT2D eigenvalue weighted by Gasteiger charge is -2.13. The number of carbonyl (C=O) groups excluding carboxylic acids is 1. The van der Waals surface area contributed by atoms with Gasteiger partial charge in [-0.3, -0.25) is 9.69 Å². The molecule has 2 rings (SSSR count). The number of carbonyl (C=O) groups is 1. The van der Waals surface area contributed by atoms with Crippen molar-refractivity contribution in [3.63, 3.8) is 0 Å². The second-order valence-corrected chi connectivity index (χ2v) is 4.28. The van der Waals surface area contributed by atoms with Crippen molar-refractivity contribution in [1.82, 2.24) is 4.98 Å². The van der Waals surface area contributed by atoms with Crippen LogP contribution in [-0.4, -0.2) is 25.0 Å². The van der Waals surface area contributed by atoms with Crippen LogP contribution in [0, 0.1) is 0 Å². The first-order valence-electron chi connectivity index (χ1n) is 5.04. The van der Waals surface area contributed by atoms with Gasteiger partial charge in [-0.25, -0.2) is 4.98 Å². The standard InChI is InChI=1S/C12H12N2O2S/c1-14(12-13-7-8-17-12)11(15)9-3-5-10(16-2)6-4-9/h3-8H,1-2H3. The monoisotopic (exact) mass is 248 g/mol. The second kappa shape index (κ2) is 4.97. The minimum Gasteiger partial charge on any atom is -0.497 e. The van der Waals surface area contributed by atoms with Crippen LogP contribution in [0.4, 0.5) is 5.13 Å². The van der Waals surface area contributed by atoms with E-state index in [0.29, 0.717) is 10.7 Å². The maximum atomic E-state index is 12.1. The molecule has 1 aromatic carbocycles. The van der Waals surface area contributed by atoms with Crippen LogP contribution in [0.15, 0.2) is 35.8 Å². The Bertz CT molecular complexity index is 494. The van der Waals surface area contributed by atoms with E-state index < -0.39 is 0 Å². The van der Waals surface area contributed by atoms with Gasteiger partial charge in [-0.15, -0.1) is 11.3 Å². The van der Waals surface area contributed by atoms with Gasteiger partial charge in [0.05, 0.1) is 7.11 Å². The van der Waals surface area contributed by atoms with Gasteiger partial charge in [0.25, 0.3) is 5.91 Å². The molecule has 1 amide bonds. The molecule has 88 valence electrons. The molecule has 4 nitrogen and oxygen atoms in total. The fraction of sp³-hybridized carbons (Fsp3) is 0.167. The summed E-state index contributed by atoms with van der Waals surface area (Å²) < 4.78 is 5.05. The van der Waals surface area contributed by atoms with Gasteiger partial charge in [0.1, 0.15) is 5.75 Å². The van der Waals surface area contributed by atoms with Crippen molar-refractivity contribution >= 4 is 22.4 Å². The molecule has 1 heterocycles. The Morgan fingerprint density at radius 3 is 2.59 bits per heavy atom. The number of amides is 1. The Labute approximate surface area is 103 Å². The lowest BCUT2D eigenvalue weighted by molar-refractivity contribution is 0.0993. The fourth-order valence-corrected chi connectivity index (χ4v) is 2.00. The van der Waals surface area contributed by atoms with E-state index in [1.807, 2.05) is 5.38 Å². The number of aromatic nitrogens is 1. The van der Waals surface area contributed by atoms with E-state index in [4.69, 9.17) is 4.74 Å². The van der Waals surface area contributed by atoms with Gasteiger partial charge in [0.15, 0.2) is 5.13 Å². The molecular formula is C12H12N2O2S. The highest BCUT2D eigenvalue weighted by atomic mass is 32.1. The summed E-state index contributed by atoms with van der Waals surface area (Å²) in [5.74, 6) is 0.654. The van der Waals surface area contributed by atoms with E-state index in [1.54, 1.807) is 44.6 Å². The van der Waals surface area contributed by atoms with E-state index >= 15 is 0 Å². The minimum absolute atomic E-state index is 0.0809. The van der Waals surface area contributed by atoms with Crippen molar-refractivity contribution in [3.8, 4) is 5.75 Å². The van der Waals surface area contributed by atoms with Crippen LogP contribution in [0.25, 0.3) is 0 Å². The number of ether oxygens (including phenoxy) is 1. The molecule has 0 aliphatic heterocycles. The quantitative estimate of drug-likeness (QED) is 0.837. The number of rotatable bonds is 3. The number of methoxy groups -OCH3 is 1. The average molecular weight is 248 g/mol. The topological polar surface area (TPSA) is 42.4 Å². The summed E-state index contributed by atoms with van der Waals surface area (Å²) in [6.07, 6.45) is 1.68. The SMILES string of the molecule is COc1ccc(C(=O)N(C)c2nccs2)cc1. The molecule has 0 atom stereocenters. The van der Waals surface area contributed by atoms with E-state index in [-0.39, 0.29) is 5.91 Å². The van der Waals surface area contributed by atoms with Gasteiger partial charge in [0.2, 0.25) is 0 Å². The van der Waals surface area contributed by atoms with Crippen molar-refractivity contribution in [2.24, 2.45) is 0 Å². The third-order valence-corrected chi connectivity index (χ3v) is 3.20. The molecule has 0 saturated carbocycles. The first-order valence-corrected chi connectivity index (χ1v) is 5.92. The van der Waals surface area contributed by atoms with Crippen LogP contribution in [0.5, 0.6) is 5.75 Å². The highest BCUT2D eigenvalue weighted by Gasteiger charge is 2.14. The zero-order valence-electron chi connectivity index (χ0n) is 9.58. The van der Waals surface area contributed by atoms with Crippen LogP contribution >= 0.6 is 11.3 Å². The van der Waals surface area contributed by atoms with Gasteiger partial charge in [-0.1, -0.05) is 0 Å². The van der Waals surface area contributed by atoms with Crippen LogP contribution in [0.1, 0.15) is 10.4 Å². The lowest BCUT2D eigenvalue weighted by atomic mass is 10.2. The predicted octanol–water partition coefficient (Wildman–Crippen LogP) is 2.43. The summed E-state index contributed by atoms with van der Waals surface area (Å²) in [6.45, 7) is 0. The third kappa shape index (κ3) is 2.45. The Morgan fingerprint density at radius 1 is 1.35 bits per heavy atom. The van der Waals surface area contributed by atoms with Crippen molar-refractivity contribution in [1.29, 1.82) is 0 Å². The molecule has 17 heavy (non-hydrogen) atoms. The number of hydrogen-bond acceptors (Lipinski definition) is 4. The molecule has 0 N–H and O–H groups in total. The molecule has 0 unspecified atom stereocenters. The number of thiazole rings is 1. The van der Waals surface area contributed by atoms with E-state index in [1.165, 1.54) is 16.2 Å². The number of benzene rings is 1. The van der Waals surface area contributed by atoms with Crippen LogP contribution < -0.4 is 9.64 Å². The maximum absolute atomic E-state index is 12.1. The van der Waals surface area contributed by atoms with Crippen molar-refractivity contribution < 1.29 is 9.53 Å². The Hall–Kier alpha value is -1.88. The minimum atomic E-state index is -0.0809. The van der Waals surface area contributed by atoms with E-state index in [0.717, 1.165) is 5.75 Å². The fourth-order valence-electron chi connectivity index (χ4n) is 1.40. The molecule has 0 fully saturated rings. The summed E-state index contributed by atoms with van der Waals surface area (Å²) in [6, 6.07) is 7.02. The highest BCUT2D eigenvalue weighted by Crippen LogP contribution is 2.19. The Kier molecular flexibility index (Phi) is 3.39. The third-order valence-electron chi connectivity index (χ3n) is 2.35. The molecule has 0 spiro atoms. The highest BCUT2D eigenvalue weighted by molar-refractivity contribution is 7.13. The maximum Gasteiger partial charge on any atom is 0.259 e. The number of anilines is 1. The van der Waals surface area contributed by atoms with Gasteiger partial charge >= 0.3 is 0 Å². The van der Waals surface area contributed by atoms with Gasteiger partial charge in [-0.05, 0) is 24.3 Å². The van der Waals surface area contributed by atoms with E-state index in [9.17, 15) is 4.79 Å².